The van der Waals surface area contributed by atoms with Gasteiger partial charge in [-0.25, -0.2) is 12.8 Å². The number of thioether (sulfide) groups is 1. The number of rotatable bonds is 3. The molecule has 0 N–H and O–H groups in total. The van der Waals surface area contributed by atoms with E-state index in [0.29, 0.717) is 18.7 Å². The molecule has 0 atom stereocenters. The molecule has 0 aliphatic carbocycles. The molecule has 106 valence electrons. The fraction of sp³-hybridized carbons (Fsp3) is 0.500. The molecule has 0 saturated carbocycles. The van der Waals surface area contributed by atoms with Crippen molar-refractivity contribution in [2.75, 3.05) is 24.6 Å². The van der Waals surface area contributed by atoms with Crippen molar-refractivity contribution in [1.29, 1.82) is 0 Å². The minimum absolute atomic E-state index is 0.0371. The van der Waals surface area contributed by atoms with Gasteiger partial charge in [0.05, 0.1) is 4.90 Å². The molecule has 0 unspecified atom stereocenters. The summed E-state index contributed by atoms with van der Waals surface area (Å²) >= 11 is 7.40. The first-order chi connectivity index (χ1) is 8.96. The van der Waals surface area contributed by atoms with Crippen LogP contribution in [-0.2, 0) is 15.9 Å². The van der Waals surface area contributed by atoms with Crippen molar-refractivity contribution in [3.05, 3.63) is 29.1 Å². The summed E-state index contributed by atoms with van der Waals surface area (Å²) in [5, 5.41) is 0. The van der Waals surface area contributed by atoms with E-state index in [1.165, 1.54) is 23.4 Å². The van der Waals surface area contributed by atoms with Gasteiger partial charge in [-0.3, -0.25) is 0 Å². The van der Waals surface area contributed by atoms with Crippen molar-refractivity contribution < 1.29 is 12.8 Å². The molecular formula is C12H15ClFNO2S2. The van der Waals surface area contributed by atoms with Gasteiger partial charge in [0, 0.05) is 36.0 Å². The molecule has 1 saturated heterocycles. The van der Waals surface area contributed by atoms with E-state index >= 15 is 0 Å². The van der Waals surface area contributed by atoms with E-state index < -0.39 is 15.8 Å². The smallest absolute Gasteiger partial charge is 0.207 e. The van der Waals surface area contributed by atoms with E-state index in [1.54, 1.807) is 11.8 Å². The third-order valence-electron chi connectivity index (χ3n) is 3.10. The Balaban J connectivity index is 2.47. The Bertz CT molecular complexity index is 571. The first-order valence-electron chi connectivity index (χ1n) is 5.89. The molecule has 1 aliphatic rings. The van der Waals surface area contributed by atoms with Gasteiger partial charge in [-0.15, -0.1) is 11.6 Å². The lowest BCUT2D eigenvalue weighted by molar-refractivity contribution is 0.442. The fourth-order valence-corrected chi connectivity index (χ4v) is 4.99. The van der Waals surface area contributed by atoms with Crippen molar-refractivity contribution >= 4 is 33.4 Å². The van der Waals surface area contributed by atoms with Gasteiger partial charge in [0.15, 0.2) is 0 Å². The number of halogens is 2. The van der Waals surface area contributed by atoms with E-state index in [-0.39, 0.29) is 16.3 Å². The Morgan fingerprint density at radius 1 is 1.37 bits per heavy atom. The van der Waals surface area contributed by atoms with E-state index in [9.17, 15) is 12.8 Å². The highest BCUT2D eigenvalue weighted by Gasteiger charge is 2.28. The molecule has 2 rings (SSSR count). The van der Waals surface area contributed by atoms with E-state index in [2.05, 4.69) is 0 Å². The van der Waals surface area contributed by atoms with Gasteiger partial charge < -0.3 is 0 Å². The Labute approximate surface area is 122 Å². The van der Waals surface area contributed by atoms with Gasteiger partial charge in [-0.05, 0) is 24.6 Å². The maximum atomic E-state index is 13.8. The monoisotopic (exact) mass is 323 g/mol. The Morgan fingerprint density at radius 2 is 2.00 bits per heavy atom. The van der Waals surface area contributed by atoms with Gasteiger partial charge in [0.1, 0.15) is 5.82 Å². The van der Waals surface area contributed by atoms with Crippen LogP contribution in [0.25, 0.3) is 0 Å². The summed E-state index contributed by atoms with van der Waals surface area (Å²) in [5.41, 5.74) is 0.641. The van der Waals surface area contributed by atoms with Crippen molar-refractivity contribution in [3.63, 3.8) is 0 Å². The van der Waals surface area contributed by atoms with Crippen molar-refractivity contribution in [3.8, 4) is 0 Å². The van der Waals surface area contributed by atoms with Gasteiger partial charge in [-0.2, -0.15) is 16.1 Å². The second kappa shape index (κ2) is 5.99. The zero-order valence-corrected chi connectivity index (χ0v) is 12.9. The summed E-state index contributed by atoms with van der Waals surface area (Å²) in [6, 6.07) is 2.76. The zero-order valence-electron chi connectivity index (χ0n) is 10.5. The normalized spacial score (nSPS) is 17.6. The summed E-state index contributed by atoms with van der Waals surface area (Å²) in [6.07, 6.45) is 0. The van der Waals surface area contributed by atoms with Gasteiger partial charge in [-0.1, -0.05) is 0 Å². The fourth-order valence-electron chi connectivity index (χ4n) is 1.98. The molecule has 1 aromatic carbocycles. The first-order valence-corrected chi connectivity index (χ1v) is 9.02. The Kier molecular flexibility index (Phi) is 4.76. The van der Waals surface area contributed by atoms with Crippen LogP contribution >= 0.6 is 23.4 Å². The minimum Gasteiger partial charge on any atom is -0.207 e. The molecule has 7 heteroatoms. The summed E-state index contributed by atoms with van der Waals surface area (Å²) in [7, 11) is -3.63. The summed E-state index contributed by atoms with van der Waals surface area (Å²) in [6.45, 7) is 2.43. The van der Waals surface area contributed by atoms with Crippen LogP contribution in [0.4, 0.5) is 4.39 Å². The maximum absolute atomic E-state index is 13.8. The molecule has 0 amide bonds. The predicted molar refractivity (Wildman–Crippen MR) is 76.8 cm³/mol. The molecule has 0 radical (unpaired) electrons. The van der Waals surface area contributed by atoms with Crippen LogP contribution in [0.15, 0.2) is 17.0 Å². The van der Waals surface area contributed by atoms with E-state index in [1.807, 2.05) is 0 Å². The summed E-state index contributed by atoms with van der Waals surface area (Å²) in [4.78, 5) is 0.0371. The number of sulfonamides is 1. The highest BCUT2D eigenvalue weighted by Crippen LogP contribution is 2.26. The van der Waals surface area contributed by atoms with Crippen LogP contribution in [0.1, 0.15) is 11.1 Å². The molecule has 1 aromatic rings. The molecule has 19 heavy (non-hydrogen) atoms. The quantitative estimate of drug-likeness (QED) is 0.802. The lowest BCUT2D eigenvalue weighted by Crippen LogP contribution is -2.38. The molecule has 1 aliphatic heterocycles. The SMILES string of the molecule is Cc1c(F)cc(CCl)cc1S(=O)(=O)N1CCSCC1. The summed E-state index contributed by atoms with van der Waals surface area (Å²) < 4.78 is 40.3. The van der Waals surface area contributed by atoms with Gasteiger partial charge in [0.2, 0.25) is 10.0 Å². The van der Waals surface area contributed by atoms with Crippen molar-refractivity contribution in [2.45, 2.75) is 17.7 Å². The third-order valence-corrected chi connectivity index (χ3v) is 6.37. The van der Waals surface area contributed by atoms with Gasteiger partial charge in [0.25, 0.3) is 0 Å². The number of alkyl halides is 1. The number of hydrogen-bond acceptors (Lipinski definition) is 3. The number of nitrogens with zero attached hydrogens (tertiary/aromatic N) is 1. The van der Waals surface area contributed by atoms with Crippen LogP contribution < -0.4 is 0 Å². The van der Waals surface area contributed by atoms with E-state index in [0.717, 1.165) is 11.5 Å². The molecule has 3 nitrogen and oxygen atoms in total. The molecule has 0 spiro atoms. The van der Waals surface area contributed by atoms with Crippen LogP contribution in [0, 0.1) is 12.7 Å². The van der Waals surface area contributed by atoms with E-state index in [4.69, 9.17) is 11.6 Å². The lowest BCUT2D eigenvalue weighted by atomic mass is 10.1. The van der Waals surface area contributed by atoms with Crippen LogP contribution in [0.3, 0.4) is 0 Å². The number of benzene rings is 1. The average molecular weight is 324 g/mol. The average Bonchev–Trinajstić information content (AvgIpc) is 2.42. The molecular weight excluding hydrogens is 309 g/mol. The first kappa shape index (κ1) is 15.1. The lowest BCUT2D eigenvalue weighted by Gasteiger charge is -2.26. The summed E-state index contributed by atoms with van der Waals surface area (Å²) in [5.74, 6) is 1.12. The number of hydrogen-bond donors (Lipinski definition) is 0. The molecule has 1 heterocycles. The third kappa shape index (κ3) is 3.07. The van der Waals surface area contributed by atoms with Crippen LogP contribution in [-0.4, -0.2) is 37.3 Å². The molecule has 1 fully saturated rings. The molecule has 0 bridgehead atoms. The van der Waals surface area contributed by atoms with Crippen molar-refractivity contribution in [1.82, 2.24) is 4.31 Å². The highest BCUT2D eigenvalue weighted by molar-refractivity contribution is 7.99. The minimum atomic E-state index is -3.63. The van der Waals surface area contributed by atoms with Gasteiger partial charge >= 0.3 is 0 Å². The topological polar surface area (TPSA) is 37.4 Å². The van der Waals surface area contributed by atoms with Crippen molar-refractivity contribution in [2.24, 2.45) is 0 Å². The largest absolute Gasteiger partial charge is 0.243 e. The van der Waals surface area contributed by atoms with Crippen LogP contribution in [0.5, 0.6) is 0 Å². The molecule has 0 aromatic heterocycles. The predicted octanol–water partition coefficient (Wildman–Crippen LogP) is 2.61. The second-order valence-electron chi connectivity index (χ2n) is 4.35. The zero-order chi connectivity index (χ0) is 14.0. The Morgan fingerprint density at radius 3 is 2.58 bits per heavy atom. The Hall–Kier alpha value is -0.300. The maximum Gasteiger partial charge on any atom is 0.243 e. The second-order valence-corrected chi connectivity index (χ2v) is 7.75. The highest BCUT2D eigenvalue weighted by atomic mass is 35.5. The standard InChI is InChI=1S/C12H15ClFNO2S2/c1-9-11(14)6-10(8-13)7-12(9)19(16,17)15-2-4-18-5-3-15/h6-7H,2-5,8H2,1H3. The van der Waals surface area contributed by atoms with Crippen LogP contribution in [0.2, 0.25) is 0 Å².